The molecule has 2 aromatic carbocycles. The van der Waals surface area contributed by atoms with Crippen LogP contribution in [0.2, 0.25) is 5.02 Å². The van der Waals surface area contributed by atoms with Crippen LogP contribution in [0.5, 0.6) is 11.5 Å². The third-order valence-corrected chi connectivity index (χ3v) is 3.64. The van der Waals surface area contributed by atoms with Crippen LogP contribution in [-0.4, -0.2) is 18.5 Å². The van der Waals surface area contributed by atoms with Crippen LogP contribution < -0.4 is 15.4 Å². The molecule has 3 rings (SSSR count). The summed E-state index contributed by atoms with van der Waals surface area (Å²) >= 11 is 6.11. The second-order valence-corrected chi connectivity index (χ2v) is 5.63. The molecule has 0 aromatic heterocycles. The van der Waals surface area contributed by atoms with Gasteiger partial charge in [0.05, 0.1) is 17.3 Å². The number of para-hydroxylation sites is 3. The molecule has 0 unspecified atom stereocenters. The van der Waals surface area contributed by atoms with Gasteiger partial charge in [-0.15, -0.1) is 0 Å². The van der Waals surface area contributed by atoms with Gasteiger partial charge in [0.2, 0.25) is 5.91 Å². The third-order valence-electron chi connectivity index (χ3n) is 3.33. The van der Waals surface area contributed by atoms with Crippen molar-refractivity contribution in [3.8, 4) is 11.5 Å². The molecule has 1 saturated carbocycles. The first-order chi connectivity index (χ1) is 10.7. The maximum absolute atomic E-state index is 11.8. The van der Waals surface area contributed by atoms with E-state index in [2.05, 4.69) is 10.6 Å². The van der Waals surface area contributed by atoms with E-state index in [1.54, 1.807) is 12.1 Å². The molecule has 0 saturated heterocycles. The summed E-state index contributed by atoms with van der Waals surface area (Å²) in [6.45, 7) is 0.222. The number of benzene rings is 2. The number of carbonyl (C=O) groups excluding carboxylic acids is 1. The minimum atomic E-state index is -0.00459. The summed E-state index contributed by atoms with van der Waals surface area (Å²) in [7, 11) is 0. The molecular weight excluding hydrogens is 300 g/mol. The van der Waals surface area contributed by atoms with E-state index < -0.39 is 0 Å². The van der Waals surface area contributed by atoms with Gasteiger partial charge < -0.3 is 15.4 Å². The van der Waals surface area contributed by atoms with E-state index in [1.807, 2.05) is 36.4 Å². The van der Waals surface area contributed by atoms with Gasteiger partial charge in [-0.3, -0.25) is 4.79 Å². The van der Waals surface area contributed by atoms with Crippen LogP contribution >= 0.6 is 11.6 Å². The minimum Gasteiger partial charge on any atom is -0.454 e. The number of amides is 1. The number of anilines is 1. The molecule has 1 fully saturated rings. The molecule has 0 aliphatic heterocycles. The summed E-state index contributed by atoms with van der Waals surface area (Å²) in [6.07, 6.45) is 2.16. The predicted molar refractivity (Wildman–Crippen MR) is 87.6 cm³/mol. The van der Waals surface area contributed by atoms with Gasteiger partial charge in [-0.25, -0.2) is 0 Å². The van der Waals surface area contributed by atoms with Crippen molar-refractivity contribution < 1.29 is 9.53 Å². The Morgan fingerprint density at radius 2 is 1.77 bits per heavy atom. The molecular formula is C17H17ClN2O2. The largest absolute Gasteiger partial charge is 0.454 e. The maximum atomic E-state index is 11.8. The molecule has 0 spiro atoms. The van der Waals surface area contributed by atoms with Gasteiger partial charge in [-0.2, -0.15) is 0 Å². The average Bonchev–Trinajstić information content (AvgIpc) is 3.32. The van der Waals surface area contributed by atoms with Gasteiger partial charge in [0, 0.05) is 6.04 Å². The number of ether oxygens (including phenoxy) is 1. The Kier molecular flexibility index (Phi) is 4.49. The van der Waals surface area contributed by atoms with E-state index in [9.17, 15) is 4.79 Å². The molecule has 2 N–H and O–H groups in total. The number of rotatable bonds is 6. The molecule has 0 radical (unpaired) electrons. The Hall–Kier alpha value is -2.20. The molecule has 0 bridgehead atoms. The van der Waals surface area contributed by atoms with E-state index in [0.29, 0.717) is 22.6 Å². The molecule has 5 heteroatoms. The average molecular weight is 317 g/mol. The van der Waals surface area contributed by atoms with Crippen molar-refractivity contribution in [3.63, 3.8) is 0 Å². The molecule has 22 heavy (non-hydrogen) atoms. The van der Waals surface area contributed by atoms with Crippen molar-refractivity contribution in [1.82, 2.24) is 5.32 Å². The predicted octanol–water partition coefficient (Wildman–Crippen LogP) is 3.82. The van der Waals surface area contributed by atoms with Crippen LogP contribution in [0.1, 0.15) is 12.8 Å². The standard InChI is InChI=1S/C17H17ClN2O2/c18-13-5-1-3-7-15(13)22-16-8-4-2-6-14(16)19-11-17(21)20-12-9-10-12/h1-8,12,19H,9-11H2,(H,20,21). The van der Waals surface area contributed by atoms with E-state index >= 15 is 0 Å². The summed E-state index contributed by atoms with van der Waals surface area (Å²) < 4.78 is 5.84. The zero-order valence-electron chi connectivity index (χ0n) is 12.0. The molecule has 1 amide bonds. The van der Waals surface area contributed by atoms with Crippen LogP contribution in [0.3, 0.4) is 0 Å². The Morgan fingerprint density at radius 1 is 1.09 bits per heavy atom. The second-order valence-electron chi connectivity index (χ2n) is 5.22. The van der Waals surface area contributed by atoms with Crippen molar-refractivity contribution in [2.24, 2.45) is 0 Å². The first-order valence-corrected chi connectivity index (χ1v) is 7.65. The fraction of sp³-hybridized carbons (Fsp3) is 0.235. The van der Waals surface area contributed by atoms with E-state index in [1.165, 1.54) is 0 Å². The van der Waals surface area contributed by atoms with Crippen LogP contribution in [0, 0.1) is 0 Å². The van der Waals surface area contributed by atoms with Crippen LogP contribution in [0.15, 0.2) is 48.5 Å². The second kappa shape index (κ2) is 6.71. The first kappa shape index (κ1) is 14.7. The van der Waals surface area contributed by atoms with Crippen LogP contribution in [0.25, 0.3) is 0 Å². The van der Waals surface area contributed by atoms with Crippen molar-refractivity contribution in [2.45, 2.75) is 18.9 Å². The Balaban J connectivity index is 1.66. The quantitative estimate of drug-likeness (QED) is 0.851. The molecule has 114 valence electrons. The van der Waals surface area contributed by atoms with Gasteiger partial charge in [0.15, 0.2) is 5.75 Å². The normalized spacial score (nSPS) is 13.5. The fourth-order valence-corrected chi connectivity index (χ4v) is 2.20. The number of halogens is 1. The van der Waals surface area contributed by atoms with Gasteiger partial charge in [0.1, 0.15) is 5.75 Å². The lowest BCUT2D eigenvalue weighted by molar-refractivity contribution is -0.119. The summed E-state index contributed by atoms with van der Waals surface area (Å²) in [6, 6.07) is 15.1. The molecule has 2 aromatic rings. The summed E-state index contributed by atoms with van der Waals surface area (Å²) in [5, 5.41) is 6.59. The van der Waals surface area contributed by atoms with Crippen molar-refractivity contribution >= 4 is 23.2 Å². The summed E-state index contributed by atoms with van der Waals surface area (Å²) in [4.78, 5) is 11.8. The van der Waals surface area contributed by atoms with E-state index in [4.69, 9.17) is 16.3 Å². The first-order valence-electron chi connectivity index (χ1n) is 7.27. The Morgan fingerprint density at radius 3 is 2.50 bits per heavy atom. The highest BCUT2D eigenvalue weighted by Gasteiger charge is 2.23. The highest BCUT2D eigenvalue weighted by Crippen LogP contribution is 2.33. The molecule has 0 atom stereocenters. The minimum absolute atomic E-state index is 0.00459. The van der Waals surface area contributed by atoms with E-state index in [0.717, 1.165) is 18.5 Å². The van der Waals surface area contributed by atoms with Crippen LogP contribution in [-0.2, 0) is 4.79 Å². The molecule has 1 aliphatic rings. The highest BCUT2D eigenvalue weighted by atomic mass is 35.5. The zero-order valence-corrected chi connectivity index (χ0v) is 12.8. The number of hydrogen-bond donors (Lipinski definition) is 2. The molecule has 0 heterocycles. The lowest BCUT2D eigenvalue weighted by atomic mass is 10.3. The van der Waals surface area contributed by atoms with Crippen molar-refractivity contribution in [1.29, 1.82) is 0 Å². The van der Waals surface area contributed by atoms with Crippen molar-refractivity contribution in [2.75, 3.05) is 11.9 Å². The third kappa shape index (κ3) is 3.92. The van der Waals surface area contributed by atoms with Gasteiger partial charge in [-0.05, 0) is 37.1 Å². The monoisotopic (exact) mass is 316 g/mol. The van der Waals surface area contributed by atoms with Gasteiger partial charge in [0.25, 0.3) is 0 Å². The zero-order chi connectivity index (χ0) is 15.4. The SMILES string of the molecule is O=C(CNc1ccccc1Oc1ccccc1Cl)NC1CC1. The highest BCUT2D eigenvalue weighted by molar-refractivity contribution is 6.32. The lowest BCUT2D eigenvalue weighted by Gasteiger charge is -2.13. The molecule has 1 aliphatic carbocycles. The number of nitrogens with one attached hydrogen (secondary N) is 2. The van der Waals surface area contributed by atoms with Gasteiger partial charge in [-0.1, -0.05) is 35.9 Å². The molecule has 4 nitrogen and oxygen atoms in total. The Labute approximate surface area is 134 Å². The number of hydrogen-bond acceptors (Lipinski definition) is 3. The summed E-state index contributed by atoms with van der Waals surface area (Å²) in [5.74, 6) is 1.21. The van der Waals surface area contributed by atoms with E-state index in [-0.39, 0.29) is 12.5 Å². The smallest absolute Gasteiger partial charge is 0.239 e. The lowest BCUT2D eigenvalue weighted by Crippen LogP contribution is -2.31. The fourth-order valence-electron chi connectivity index (χ4n) is 2.03. The Bertz CT molecular complexity index is 671. The van der Waals surface area contributed by atoms with Crippen molar-refractivity contribution in [3.05, 3.63) is 53.6 Å². The summed E-state index contributed by atoms with van der Waals surface area (Å²) in [5.41, 5.74) is 0.758. The van der Waals surface area contributed by atoms with Crippen LogP contribution in [0.4, 0.5) is 5.69 Å². The topological polar surface area (TPSA) is 50.4 Å². The van der Waals surface area contributed by atoms with Gasteiger partial charge >= 0.3 is 0 Å². The number of carbonyl (C=O) groups is 1. The maximum Gasteiger partial charge on any atom is 0.239 e.